The largest absolute Gasteiger partial charge is 0.317 e. The van der Waals surface area contributed by atoms with E-state index in [1.807, 2.05) is 0 Å². The molecule has 1 saturated carbocycles. The van der Waals surface area contributed by atoms with E-state index < -0.39 is 0 Å². The minimum atomic E-state index is 1.09. The topological polar surface area (TPSA) is 12.0 Å². The Hall–Kier alpha value is -0.0400. The van der Waals surface area contributed by atoms with Crippen LogP contribution in [0.4, 0.5) is 0 Å². The molecule has 0 radical (unpaired) electrons. The van der Waals surface area contributed by atoms with Gasteiger partial charge >= 0.3 is 0 Å². The maximum Gasteiger partial charge on any atom is -0.00775 e. The Kier molecular flexibility index (Phi) is 9.02. The molecule has 1 nitrogen and oxygen atoms in total. The van der Waals surface area contributed by atoms with Gasteiger partial charge in [-0.25, -0.2) is 0 Å². The van der Waals surface area contributed by atoms with Crippen LogP contribution < -0.4 is 5.32 Å². The molecule has 1 aliphatic rings. The van der Waals surface area contributed by atoms with E-state index in [0.717, 1.165) is 19.0 Å². The smallest absolute Gasteiger partial charge is 0.00775 e. The number of hydrogen-bond acceptors (Lipinski definition) is 1. The van der Waals surface area contributed by atoms with Crippen molar-refractivity contribution in [3.63, 3.8) is 0 Å². The standard InChI is InChI=1S/C7H14.C4H11N/c1-2-4-7-5-3-6-7;1-3-5-4-2/h7H,2-6H2,1H3;5H,3-4H2,1-2H3. The predicted octanol–water partition coefficient (Wildman–Crippen LogP) is 3.20. The maximum atomic E-state index is 3.11. The molecule has 0 atom stereocenters. The molecule has 1 rings (SSSR count). The fourth-order valence-electron chi connectivity index (χ4n) is 1.44. The van der Waals surface area contributed by atoms with Gasteiger partial charge in [0, 0.05) is 0 Å². The van der Waals surface area contributed by atoms with Crippen molar-refractivity contribution in [2.75, 3.05) is 13.1 Å². The highest BCUT2D eigenvalue weighted by Gasteiger charge is 2.14. The fourth-order valence-corrected chi connectivity index (χ4v) is 1.44. The highest BCUT2D eigenvalue weighted by atomic mass is 14.8. The molecule has 0 unspecified atom stereocenters. The summed E-state index contributed by atoms with van der Waals surface area (Å²) in [5, 5.41) is 3.11. The molecule has 0 amide bonds. The molecule has 12 heavy (non-hydrogen) atoms. The fraction of sp³-hybridized carbons (Fsp3) is 1.00. The summed E-state index contributed by atoms with van der Waals surface area (Å²) >= 11 is 0. The second-order valence-electron chi connectivity index (χ2n) is 3.54. The van der Waals surface area contributed by atoms with Crippen molar-refractivity contribution in [2.45, 2.75) is 52.9 Å². The van der Waals surface area contributed by atoms with Crippen molar-refractivity contribution >= 4 is 0 Å². The second kappa shape index (κ2) is 9.05. The summed E-state index contributed by atoms with van der Waals surface area (Å²) in [6, 6.07) is 0. The molecular formula is C11H25N. The van der Waals surface area contributed by atoms with Crippen LogP contribution in [0.3, 0.4) is 0 Å². The lowest BCUT2D eigenvalue weighted by Gasteiger charge is -2.24. The number of rotatable bonds is 4. The molecule has 1 aliphatic carbocycles. The van der Waals surface area contributed by atoms with Crippen LogP contribution in [0, 0.1) is 5.92 Å². The van der Waals surface area contributed by atoms with Gasteiger partial charge in [0.1, 0.15) is 0 Å². The molecule has 1 heteroatoms. The molecule has 0 saturated heterocycles. The first-order chi connectivity index (χ1) is 5.85. The van der Waals surface area contributed by atoms with Crippen LogP contribution in [-0.2, 0) is 0 Å². The van der Waals surface area contributed by atoms with Gasteiger partial charge in [-0.1, -0.05) is 52.9 Å². The van der Waals surface area contributed by atoms with Crippen molar-refractivity contribution in [2.24, 2.45) is 5.92 Å². The molecular weight excluding hydrogens is 146 g/mol. The van der Waals surface area contributed by atoms with E-state index in [9.17, 15) is 0 Å². The Morgan fingerprint density at radius 2 is 1.67 bits per heavy atom. The van der Waals surface area contributed by atoms with Crippen LogP contribution >= 0.6 is 0 Å². The van der Waals surface area contributed by atoms with E-state index >= 15 is 0 Å². The molecule has 0 aromatic carbocycles. The van der Waals surface area contributed by atoms with Gasteiger partial charge in [0.25, 0.3) is 0 Å². The molecule has 0 aliphatic heterocycles. The third-order valence-electron chi connectivity index (χ3n) is 2.42. The minimum Gasteiger partial charge on any atom is -0.317 e. The van der Waals surface area contributed by atoms with Gasteiger partial charge in [-0.15, -0.1) is 0 Å². The third-order valence-corrected chi connectivity index (χ3v) is 2.42. The van der Waals surface area contributed by atoms with Crippen LogP contribution in [0.5, 0.6) is 0 Å². The van der Waals surface area contributed by atoms with Crippen molar-refractivity contribution < 1.29 is 0 Å². The molecule has 0 spiro atoms. The zero-order chi connectivity index (χ0) is 9.23. The van der Waals surface area contributed by atoms with Gasteiger partial charge in [-0.05, 0) is 19.0 Å². The highest BCUT2D eigenvalue weighted by Crippen LogP contribution is 2.29. The van der Waals surface area contributed by atoms with E-state index in [2.05, 4.69) is 26.1 Å². The lowest BCUT2D eigenvalue weighted by Crippen LogP contribution is -2.09. The van der Waals surface area contributed by atoms with E-state index in [4.69, 9.17) is 0 Å². The van der Waals surface area contributed by atoms with Crippen molar-refractivity contribution in [1.29, 1.82) is 0 Å². The van der Waals surface area contributed by atoms with Crippen molar-refractivity contribution in [1.82, 2.24) is 5.32 Å². The van der Waals surface area contributed by atoms with Crippen LogP contribution in [-0.4, -0.2) is 13.1 Å². The molecule has 0 aromatic rings. The SMILES string of the molecule is CCCC1CCC1.CCNCC. The zero-order valence-corrected chi connectivity index (χ0v) is 9.03. The average Bonchev–Trinajstić information content (AvgIpc) is 2.00. The predicted molar refractivity (Wildman–Crippen MR) is 56.5 cm³/mol. The summed E-state index contributed by atoms with van der Waals surface area (Å²) < 4.78 is 0. The molecule has 1 N–H and O–H groups in total. The second-order valence-corrected chi connectivity index (χ2v) is 3.54. The monoisotopic (exact) mass is 171 g/mol. The quantitative estimate of drug-likeness (QED) is 0.685. The first-order valence-electron chi connectivity index (χ1n) is 5.55. The molecule has 74 valence electrons. The lowest BCUT2D eigenvalue weighted by molar-refractivity contribution is 0.294. The summed E-state index contributed by atoms with van der Waals surface area (Å²) in [6.45, 7) is 8.67. The summed E-state index contributed by atoms with van der Waals surface area (Å²) in [7, 11) is 0. The number of hydrogen-bond donors (Lipinski definition) is 1. The van der Waals surface area contributed by atoms with Gasteiger partial charge in [-0.3, -0.25) is 0 Å². The lowest BCUT2D eigenvalue weighted by atomic mass is 9.82. The summed E-state index contributed by atoms with van der Waals surface area (Å²) in [6.07, 6.45) is 7.43. The van der Waals surface area contributed by atoms with E-state index in [-0.39, 0.29) is 0 Å². The van der Waals surface area contributed by atoms with Crippen molar-refractivity contribution in [3.8, 4) is 0 Å². The first kappa shape index (κ1) is 12.0. The summed E-state index contributed by atoms with van der Waals surface area (Å²) in [5.41, 5.74) is 0. The van der Waals surface area contributed by atoms with Crippen LogP contribution in [0.2, 0.25) is 0 Å². The Labute approximate surface area is 77.9 Å². The zero-order valence-electron chi connectivity index (χ0n) is 9.03. The minimum absolute atomic E-state index is 1.09. The first-order valence-corrected chi connectivity index (χ1v) is 5.55. The average molecular weight is 171 g/mol. The van der Waals surface area contributed by atoms with Gasteiger partial charge in [0.05, 0.1) is 0 Å². The Balaban J connectivity index is 0.000000217. The van der Waals surface area contributed by atoms with Crippen molar-refractivity contribution in [3.05, 3.63) is 0 Å². The van der Waals surface area contributed by atoms with Gasteiger partial charge in [0.2, 0.25) is 0 Å². The van der Waals surface area contributed by atoms with Gasteiger partial charge in [0.15, 0.2) is 0 Å². The van der Waals surface area contributed by atoms with Crippen LogP contribution in [0.25, 0.3) is 0 Å². The maximum absolute atomic E-state index is 3.11. The van der Waals surface area contributed by atoms with E-state index in [0.29, 0.717) is 0 Å². The Bertz CT molecular complexity index is 75.1. The molecule has 1 fully saturated rings. The Morgan fingerprint density at radius 1 is 1.08 bits per heavy atom. The Morgan fingerprint density at radius 3 is 1.75 bits per heavy atom. The van der Waals surface area contributed by atoms with Crippen LogP contribution in [0.1, 0.15) is 52.9 Å². The summed E-state index contributed by atoms with van der Waals surface area (Å²) in [5.74, 6) is 1.13. The van der Waals surface area contributed by atoms with E-state index in [1.54, 1.807) is 0 Å². The highest BCUT2D eigenvalue weighted by molar-refractivity contribution is 4.67. The van der Waals surface area contributed by atoms with Gasteiger partial charge < -0.3 is 5.32 Å². The molecule has 0 bridgehead atoms. The normalized spacial score (nSPS) is 16.2. The third kappa shape index (κ3) is 6.66. The molecule has 0 aromatic heterocycles. The summed E-state index contributed by atoms with van der Waals surface area (Å²) in [4.78, 5) is 0. The van der Waals surface area contributed by atoms with Crippen LogP contribution in [0.15, 0.2) is 0 Å². The van der Waals surface area contributed by atoms with E-state index in [1.165, 1.54) is 32.1 Å². The number of nitrogens with one attached hydrogen (secondary N) is 1. The van der Waals surface area contributed by atoms with Gasteiger partial charge in [-0.2, -0.15) is 0 Å². The molecule has 0 heterocycles.